The first-order chi connectivity index (χ1) is 22.3. The molecule has 0 aromatic heterocycles. The van der Waals surface area contributed by atoms with Crippen LogP contribution in [0.2, 0.25) is 5.02 Å². The molecule has 8 nitrogen and oxygen atoms in total. The Morgan fingerprint density at radius 1 is 0.870 bits per heavy atom. The predicted molar refractivity (Wildman–Crippen MR) is 180 cm³/mol. The van der Waals surface area contributed by atoms with Crippen molar-refractivity contribution < 1.29 is 22.7 Å². The van der Waals surface area contributed by atoms with Gasteiger partial charge in [0.25, 0.3) is 10.0 Å². The van der Waals surface area contributed by atoms with Crippen molar-refractivity contribution in [3.8, 4) is 5.75 Å². The Balaban J connectivity index is 1.59. The van der Waals surface area contributed by atoms with Gasteiger partial charge in [-0.1, -0.05) is 103 Å². The van der Waals surface area contributed by atoms with Crippen LogP contribution in [0.1, 0.15) is 36.8 Å². The number of rotatable bonds is 13. The van der Waals surface area contributed by atoms with Crippen LogP contribution in [0.5, 0.6) is 5.75 Å². The first-order valence-corrected chi connectivity index (χ1v) is 17.2. The van der Waals surface area contributed by atoms with Crippen LogP contribution in [-0.2, 0) is 32.6 Å². The molecule has 10 heteroatoms. The summed E-state index contributed by atoms with van der Waals surface area (Å²) in [6.07, 6.45) is 4.09. The lowest BCUT2D eigenvalue weighted by Gasteiger charge is -2.34. The summed E-state index contributed by atoms with van der Waals surface area (Å²) in [5.74, 6) is -0.586. The van der Waals surface area contributed by atoms with Crippen molar-refractivity contribution in [2.24, 2.45) is 0 Å². The molecule has 1 fully saturated rings. The first kappa shape index (κ1) is 33.0. The van der Waals surface area contributed by atoms with Gasteiger partial charge >= 0.3 is 0 Å². The minimum absolute atomic E-state index is 0.000694. The second-order valence-corrected chi connectivity index (χ2v) is 13.6. The van der Waals surface area contributed by atoms with E-state index in [9.17, 15) is 18.0 Å². The van der Waals surface area contributed by atoms with Crippen LogP contribution in [0.15, 0.2) is 114 Å². The monoisotopic (exact) mass is 659 g/mol. The van der Waals surface area contributed by atoms with E-state index in [0.717, 1.165) is 41.1 Å². The molecule has 240 valence electrons. The van der Waals surface area contributed by atoms with E-state index in [4.69, 9.17) is 16.3 Å². The number of hydrogen-bond acceptors (Lipinski definition) is 5. The number of halogens is 1. The van der Waals surface area contributed by atoms with E-state index in [1.54, 1.807) is 30.3 Å². The van der Waals surface area contributed by atoms with E-state index < -0.39 is 28.5 Å². The van der Waals surface area contributed by atoms with E-state index in [0.29, 0.717) is 0 Å². The van der Waals surface area contributed by atoms with Crippen molar-refractivity contribution in [1.29, 1.82) is 0 Å². The standard InChI is InChI=1S/C36H38ClN3O5S/c1-45-34-22-21-29(37)24-32(34)40(46(43,44)31-19-9-4-10-20-31)26-35(41)39(25-28-15-7-3-8-16-28)33(23-27-13-5-2-6-14-27)36(42)38-30-17-11-12-18-30/h2-10,13-16,19-22,24,30,33H,11-12,17-18,23,25-26H2,1H3,(H,38,42)/t33-/m1/s1. The smallest absolute Gasteiger partial charge is 0.264 e. The average molecular weight is 660 g/mol. The molecule has 0 radical (unpaired) electrons. The number of hydrogen-bond donors (Lipinski definition) is 1. The molecule has 1 N–H and O–H groups in total. The number of ether oxygens (including phenoxy) is 1. The molecule has 46 heavy (non-hydrogen) atoms. The highest BCUT2D eigenvalue weighted by Gasteiger charge is 2.36. The maximum absolute atomic E-state index is 14.6. The molecule has 0 bridgehead atoms. The van der Waals surface area contributed by atoms with Gasteiger partial charge in [0.2, 0.25) is 11.8 Å². The first-order valence-electron chi connectivity index (χ1n) is 15.4. The van der Waals surface area contributed by atoms with Crippen molar-refractivity contribution in [3.05, 3.63) is 125 Å². The van der Waals surface area contributed by atoms with Crippen molar-refractivity contribution in [2.75, 3.05) is 18.0 Å². The molecule has 0 saturated heterocycles. The van der Waals surface area contributed by atoms with Crippen LogP contribution in [-0.4, -0.2) is 50.9 Å². The van der Waals surface area contributed by atoms with Crippen molar-refractivity contribution in [1.82, 2.24) is 10.2 Å². The molecule has 1 aliphatic carbocycles. The molecule has 1 saturated carbocycles. The quantitative estimate of drug-likeness (QED) is 0.183. The van der Waals surface area contributed by atoms with Gasteiger partial charge in [0.1, 0.15) is 18.3 Å². The van der Waals surface area contributed by atoms with Gasteiger partial charge in [0.15, 0.2) is 0 Å². The summed E-state index contributed by atoms with van der Waals surface area (Å²) >= 11 is 6.36. The van der Waals surface area contributed by atoms with Gasteiger partial charge < -0.3 is 15.0 Å². The number of nitrogens with one attached hydrogen (secondary N) is 1. The number of anilines is 1. The molecule has 4 aromatic carbocycles. The van der Waals surface area contributed by atoms with Crippen LogP contribution in [0.25, 0.3) is 0 Å². The van der Waals surface area contributed by atoms with Crippen LogP contribution in [0, 0.1) is 0 Å². The Kier molecular flexibility index (Phi) is 11.0. The second kappa shape index (κ2) is 15.3. The summed E-state index contributed by atoms with van der Waals surface area (Å²) in [5, 5.41) is 3.46. The van der Waals surface area contributed by atoms with Gasteiger partial charge in [0, 0.05) is 24.0 Å². The number of carbonyl (C=O) groups excluding carboxylic acids is 2. The maximum Gasteiger partial charge on any atom is 0.264 e. The van der Waals surface area contributed by atoms with Gasteiger partial charge in [0.05, 0.1) is 17.7 Å². The number of amides is 2. The van der Waals surface area contributed by atoms with E-state index in [-0.39, 0.29) is 46.3 Å². The molecular formula is C36H38ClN3O5S. The minimum Gasteiger partial charge on any atom is -0.495 e. The number of methoxy groups -OCH3 is 1. The SMILES string of the molecule is COc1ccc(Cl)cc1N(CC(=O)N(Cc1ccccc1)[C@H](Cc1ccccc1)C(=O)NC1CCCC1)S(=O)(=O)c1ccccc1. The summed E-state index contributed by atoms with van der Waals surface area (Å²) in [6.45, 7) is -0.496. The van der Waals surface area contributed by atoms with Crippen LogP contribution in [0.4, 0.5) is 5.69 Å². The average Bonchev–Trinajstić information content (AvgIpc) is 3.59. The third kappa shape index (κ3) is 8.08. The Morgan fingerprint density at radius 3 is 2.07 bits per heavy atom. The zero-order valence-electron chi connectivity index (χ0n) is 25.7. The summed E-state index contributed by atoms with van der Waals surface area (Å²) in [5.41, 5.74) is 1.80. The van der Waals surface area contributed by atoms with E-state index >= 15 is 0 Å². The molecule has 2 amide bonds. The van der Waals surface area contributed by atoms with Gasteiger partial charge in [-0.3, -0.25) is 13.9 Å². The molecular weight excluding hydrogens is 622 g/mol. The van der Waals surface area contributed by atoms with E-state index in [2.05, 4.69) is 5.32 Å². The fourth-order valence-corrected chi connectivity index (χ4v) is 7.40. The minimum atomic E-state index is -4.28. The summed E-state index contributed by atoms with van der Waals surface area (Å²) < 4.78 is 35.0. The zero-order chi connectivity index (χ0) is 32.5. The van der Waals surface area contributed by atoms with E-state index in [1.807, 2.05) is 60.7 Å². The summed E-state index contributed by atoms with van der Waals surface area (Å²) in [6, 6.07) is 30.5. The van der Waals surface area contributed by atoms with Crippen LogP contribution < -0.4 is 14.4 Å². The van der Waals surface area contributed by atoms with Crippen molar-refractivity contribution in [2.45, 2.75) is 55.6 Å². The molecule has 5 rings (SSSR count). The molecule has 1 atom stereocenters. The zero-order valence-corrected chi connectivity index (χ0v) is 27.3. The van der Waals surface area contributed by atoms with Crippen LogP contribution in [0.3, 0.4) is 0 Å². The van der Waals surface area contributed by atoms with Gasteiger partial charge in [-0.2, -0.15) is 0 Å². The van der Waals surface area contributed by atoms with Crippen molar-refractivity contribution >= 4 is 39.1 Å². The third-order valence-electron chi connectivity index (χ3n) is 8.19. The lowest BCUT2D eigenvalue weighted by molar-refractivity contribution is -0.140. The Labute approximate surface area is 276 Å². The Morgan fingerprint density at radius 2 is 1.46 bits per heavy atom. The third-order valence-corrected chi connectivity index (χ3v) is 10.2. The second-order valence-electron chi connectivity index (χ2n) is 11.3. The topological polar surface area (TPSA) is 96.0 Å². The lowest BCUT2D eigenvalue weighted by atomic mass is 10.0. The Hall–Kier alpha value is -4.34. The number of nitrogens with zero attached hydrogens (tertiary/aromatic N) is 2. The Bertz CT molecular complexity index is 1720. The van der Waals surface area contributed by atoms with Crippen molar-refractivity contribution in [3.63, 3.8) is 0 Å². The number of sulfonamides is 1. The maximum atomic E-state index is 14.6. The highest BCUT2D eigenvalue weighted by molar-refractivity contribution is 7.92. The molecule has 0 aliphatic heterocycles. The van der Waals surface area contributed by atoms with E-state index in [1.165, 1.54) is 30.2 Å². The molecule has 0 unspecified atom stereocenters. The molecule has 0 spiro atoms. The number of carbonyl (C=O) groups is 2. The molecule has 1 aliphatic rings. The van der Waals surface area contributed by atoms with Gasteiger partial charge in [-0.15, -0.1) is 0 Å². The molecule has 4 aromatic rings. The van der Waals surface area contributed by atoms with Crippen LogP contribution >= 0.6 is 11.6 Å². The fraction of sp³-hybridized carbons (Fsp3) is 0.278. The largest absolute Gasteiger partial charge is 0.495 e. The highest BCUT2D eigenvalue weighted by Crippen LogP contribution is 2.35. The predicted octanol–water partition coefficient (Wildman–Crippen LogP) is 6.24. The fourth-order valence-electron chi connectivity index (χ4n) is 5.79. The highest BCUT2D eigenvalue weighted by atomic mass is 35.5. The lowest BCUT2D eigenvalue weighted by Crippen LogP contribution is -2.54. The normalized spacial score (nSPS) is 14.0. The molecule has 0 heterocycles. The summed E-state index contributed by atoms with van der Waals surface area (Å²) in [7, 11) is -2.86. The number of benzene rings is 4. The van der Waals surface area contributed by atoms with Gasteiger partial charge in [-0.25, -0.2) is 8.42 Å². The summed E-state index contributed by atoms with van der Waals surface area (Å²) in [4.78, 5) is 30.2. The van der Waals surface area contributed by atoms with Gasteiger partial charge in [-0.05, 0) is 54.3 Å².